The first-order valence-corrected chi connectivity index (χ1v) is 10.6. The molecule has 1 aliphatic heterocycles. The fourth-order valence-corrected chi connectivity index (χ4v) is 3.66. The molecule has 0 radical (unpaired) electrons. The Morgan fingerprint density at radius 1 is 0.912 bits per heavy atom. The smallest absolute Gasteiger partial charge is 0.377 e. The summed E-state index contributed by atoms with van der Waals surface area (Å²) in [6.07, 6.45) is -12.1. The number of Topliss-reactive ketones (excluding diaryl/α,β-unsaturated/α-hetero) is 1. The first kappa shape index (κ1) is 26.2. The van der Waals surface area contributed by atoms with E-state index in [0.717, 1.165) is 5.56 Å². The van der Waals surface area contributed by atoms with Gasteiger partial charge < -0.3 is 14.2 Å². The SMILES string of the molecule is CC(=O)C[C@@H]1OC(c2cc(C(F)(F)F)cc(C(F)(F)F)c2)O[C@H]1CCCOCc1ccccc1. The molecule has 1 heterocycles. The van der Waals surface area contributed by atoms with Crippen LogP contribution < -0.4 is 0 Å². The Morgan fingerprint density at radius 2 is 1.50 bits per heavy atom. The second-order valence-electron chi connectivity index (χ2n) is 8.11. The van der Waals surface area contributed by atoms with Gasteiger partial charge in [0.05, 0.1) is 29.9 Å². The third-order valence-corrected chi connectivity index (χ3v) is 5.27. The van der Waals surface area contributed by atoms with Gasteiger partial charge in [-0.3, -0.25) is 4.79 Å². The van der Waals surface area contributed by atoms with Gasteiger partial charge in [-0.1, -0.05) is 30.3 Å². The molecular formula is C24H24F6O4. The highest BCUT2D eigenvalue weighted by Gasteiger charge is 2.41. The van der Waals surface area contributed by atoms with E-state index in [2.05, 4.69) is 0 Å². The van der Waals surface area contributed by atoms with Crippen LogP contribution in [0.1, 0.15) is 54.7 Å². The van der Waals surface area contributed by atoms with Crippen molar-refractivity contribution in [2.45, 2.75) is 63.6 Å². The zero-order valence-electron chi connectivity index (χ0n) is 18.3. The molecule has 4 nitrogen and oxygen atoms in total. The van der Waals surface area contributed by atoms with Crippen molar-refractivity contribution in [2.75, 3.05) is 6.61 Å². The summed E-state index contributed by atoms with van der Waals surface area (Å²) < 4.78 is 96.1. The van der Waals surface area contributed by atoms with E-state index < -0.39 is 47.5 Å². The van der Waals surface area contributed by atoms with Crippen molar-refractivity contribution in [1.82, 2.24) is 0 Å². The normalized spacial score (nSPS) is 21.1. The van der Waals surface area contributed by atoms with Gasteiger partial charge in [-0.15, -0.1) is 0 Å². The Hall–Kier alpha value is -2.43. The van der Waals surface area contributed by atoms with Gasteiger partial charge in [0.2, 0.25) is 0 Å². The molecule has 2 aromatic carbocycles. The molecule has 0 aromatic heterocycles. The number of halogens is 6. The monoisotopic (exact) mass is 490 g/mol. The molecule has 0 amide bonds. The van der Waals surface area contributed by atoms with E-state index in [1.165, 1.54) is 6.92 Å². The highest BCUT2D eigenvalue weighted by Crippen LogP contribution is 2.41. The van der Waals surface area contributed by atoms with Gasteiger partial charge >= 0.3 is 12.4 Å². The number of carbonyl (C=O) groups is 1. The molecule has 3 atom stereocenters. The quantitative estimate of drug-likeness (QED) is 0.298. The molecule has 1 aliphatic rings. The molecule has 186 valence electrons. The highest BCUT2D eigenvalue weighted by molar-refractivity contribution is 5.76. The maximum absolute atomic E-state index is 13.2. The second-order valence-corrected chi connectivity index (χ2v) is 8.11. The third-order valence-electron chi connectivity index (χ3n) is 5.27. The lowest BCUT2D eigenvalue weighted by atomic mass is 10.0. The molecule has 0 N–H and O–H groups in total. The van der Waals surface area contributed by atoms with Crippen LogP contribution in [0.3, 0.4) is 0 Å². The molecule has 1 fully saturated rings. The zero-order chi connectivity index (χ0) is 24.9. The molecule has 10 heteroatoms. The van der Waals surface area contributed by atoms with Crippen molar-refractivity contribution in [3.63, 3.8) is 0 Å². The van der Waals surface area contributed by atoms with Crippen molar-refractivity contribution < 1.29 is 45.3 Å². The van der Waals surface area contributed by atoms with Crippen LogP contribution in [0.15, 0.2) is 48.5 Å². The fourth-order valence-electron chi connectivity index (χ4n) is 3.66. The van der Waals surface area contributed by atoms with Crippen LogP contribution in [-0.4, -0.2) is 24.6 Å². The van der Waals surface area contributed by atoms with E-state index in [1.807, 2.05) is 30.3 Å². The molecule has 1 unspecified atom stereocenters. The highest BCUT2D eigenvalue weighted by atomic mass is 19.4. The van der Waals surface area contributed by atoms with Crippen LogP contribution in [0.2, 0.25) is 0 Å². The van der Waals surface area contributed by atoms with Crippen LogP contribution >= 0.6 is 0 Å². The van der Waals surface area contributed by atoms with Gasteiger partial charge in [-0.2, -0.15) is 26.3 Å². The average Bonchev–Trinajstić information content (AvgIpc) is 3.14. The maximum atomic E-state index is 13.2. The predicted molar refractivity (Wildman–Crippen MR) is 110 cm³/mol. The summed E-state index contributed by atoms with van der Waals surface area (Å²) in [7, 11) is 0. The summed E-state index contributed by atoms with van der Waals surface area (Å²) in [5, 5.41) is 0. The first-order valence-electron chi connectivity index (χ1n) is 10.6. The molecule has 0 saturated carbocycles. The lowest BCUT2D eigenvalue weighted by Gasteiger charge is -2.17. The molecular weight excluding hydrogens is 466 g/mol. The number of alkyl halides is 6. The first-order chi connectivity index (χ1) is 15.9. The molecule has 0 bridgehead atoms. The summed E-state index contributed by atoms with van der Waals surface area (Å²) >= 11 is 0. The standard InChI is InChI=1S/C24H24F6O4/c1-15(31)10-21-20(8-5-9-32-14-16-6-3-2-4-7-16)33-22(34-21)17-11-18(23(25,26)27)13-19(12-17)24(28,29)30/h2-4,6-7,11-13,20-22H,5,8-10,14H2,1H3/t20-,21-,22?/m0/s1. The van der Waals surface area contributed by atoms with Crippen molar-refractivity contribution in [1.29, 1.82) is 0 Å². The van der Waals surface area contributed by atoms with Crippen LogP contribution in [0, 0.1) is 0 Å². The minimum atomic E-state index is -4.98. The summed E-state index contributed by atoms with van der Waals surface area (Å²) in [6.45, 7) is 2.07. The third kappa shape index (κ3) is 7.28. The van der Waals surface area contributed by atoms with Gasteiger partial charge in [-0.25, -0.2) is 0 Å². The molecule has 34 heavy (non-hydrogen) atoms. The Kier molecular flexibility index (Phi) is 8.38. The summed E-state index contributed by atoms with van der Waals surface area (Å²) in [5.74, 6) is -0.236. The summed E-state index contributed by atoms with van der Waals surface area (Å²) in [5.41, 5.74) is -2.32. The van der Waals surface area contributed by atoms with E-state index >= 15 is 0 Å². The molecule has 2 aromatic rings. The summed E-state index contributed by atoms with van der Waals surface area (Å²) in [6, 6.07) is 10.7. The number of hydrogen-bond acceptors (Lipinski definition) is 4. The number of rotatable bonds is 9. The zero-order valence-corrected chi connectivity index (χ0v) is 18.3. The van der Waals surface area contributed by atoms with Gasteiger partial charge in [0.1, 0.15) is 5.78 Å². The molecule has 3 rings (SSSR count). The lowest BCUT2D eigenvalue weighted by Crippen LogP contribution is -2.25. The molecule has 0 aliphatic carbocycles. The van der Waals surface area contributed by atoms with Crippen LogP contribution in [0.5, 0.6) is 0 Å². The van der Waals surface area contributed by atoms with Gasteiger partial charge in [-0.05, 0) is 43.5 Å². The minimum Gasteiger partial charge on any atom is -0.377 e. The number of carbonyl (C=O) groups excluding carboxylic acids is 1. The number of hydrogen-bond donors (Lipinski definition) is 0. The number of ketones is 1. The average molecular weight is 490 g/mol. The number of ether oxygens (including phenoxy) is 3. The minimum absolute atomic E-state index is 0.0487. The fraction of sp³-hybridized carbons (Fsp3) is 0.458. The van der Waals surface area contributed by atoms with Crippen molar-refractivity contribution >= 4 is 5.78 Å². The maximum Gasteiger partial charge on any atom is 0.416 e. The Morgan fingerprint density at radius 3 is 2.06 bits per heavy atom. The van der Waals surface area contributed by atoms with E-state index in [9.17, 15) is 31.1 Å². The summed E-state index contributed by atoms with van der Waals surface area (Å²) in [4.78, 5) is 11.6. The lowest BCUT2D eigenvalue weighted by molar-refractivity contribution is -0.143. The van der Waals surface area contributed by atoms with Crippen molar-refractivity contribution in [2.24, 2.45) is 0 Å². The van der Waals surface area contributed by atoms with Crippen molar-refractivity contribution in [3.8, 4) is 0 Å². The Labute approximate surface area is 192 Å². The molecule has 1 saturated heterocycles. The van der Waals surface area contributed by atoms with Crippen LogP contribution in [-0.2, 0) is 38.0 Å². The predicted octanol–water partition coefficient (Wildman–Crippen LogP) is 6.48. The van der Waals surface area contributed by atoms with E-state index in [1.54, 1.807) is 0 Å². The van der Waals surface area contributed by atoms with E-state index in [0.29, 0.717) is 38.2 Å². The largest absolute Gasteiger partial charge is 0.416 e. The number of benzene rings is 2. The Balaban J connectivity index is 1.69. The van der Waals surface area contributed by atoms with Gasteiger partial charge in [0.25, 0.3) is 0 Å². The van der Waals surface area contributed by atoms with E-state index in [4.69, 9.17) is 14.2 Å². The van der Waals surface area contributed by atoms with Gasteiger partial charge in [0, 0.05) is 18.6 Å². The Bertz CT molecular complexity index is 926. The van der Waals surface area contributed by atoms with E-state index in [-0.39, 0.29) is 18.3 Å². The topological polar surface area (TPSA) is 44.8 Å². The van der Waals surface area contributed by atoms with Crippen LogP contribution in [0.4, 0.5) is 26.3 Å². The molecule has 0 spiro atoms. The van der Waals surface area contributed by atoms with Crippen LogP contribution in [0.25, 0.3) is 0 Å². The van der Waals surface area contributed by atoms with Crippen molar-refractivity contribution in [3.05, 3.63) is 70.8 Å². The second kappa shape index (κ2) is 10.9. The van der Waals surface area contributed by atoms with Gasteiger partial charge in [0.15, 0.2) is 6.29 Å².